The molecule has 0 heteroatoms. The molecule has 0 aromatic heterocycles. The van der Waals surface area contributed by atoms with Crippen LogP contribution in [0, 0.1) is 23.7 Å². The van der Waals surface area contributed by atoms with Gasteiger partial charge < -0.3 is 0 Å². The van der Waals surface area contributed by atoms with Crippen LogP contribution >= 0.6 is 0 Å². The van der Waals surface area contributed by atoms with E-state index in [1.165, 1.54) is 51.4 Å². The fraction of sp³-hybridized carbons (Fsp3) is 1.00. The van der Waals surface area contributed by atoms with Gasteiger partial charge in [-0.15, -0.1) is 0 Å². The molecule has 2 aliphatic rings. The minimum atomic E-state index is 1.06. The van der Waals surface area contributed by atoms with Crippen molar-refractivity contribution in [1.29, 1.82) is 0 Å². The average molecular weight is 236 g/mol. The largest absolute Gasteiger partial charge is 0.0654 e. The zero-order valence-electron chi connectivity index (χ0n) is 12.1. The Morgan fingerprint density at radius 3 is 2.24 bits per heavy atom. The van der Waals surface area contributed by atoms with Gasteiger partial charge in [0.25, 0.3) is 0 Å². The average Bonchev–Trinajstić information content (AvgIpc) is 2.31. The summed E-state index contributed by atoms with van der Waals surface area (Å²) in [6.45, 7) is 4.87. The molecule has 2 fully saturated rings. The molecule has 0 amide bonds. The second kappa shape index (κ2) is 6.81. The van der Waals surface area contributed by atoms with Gasteiger partial charge in [0.15, 0.2) is 0 Å². The van der Waals surface area contributed by atoms with E-state index in [1.807, 2.05) is 0 Å². The lowest BCUT2D eigenvalue weighted by molar-refractivity contribution is -0.0352. The van der Waals surface area contributed by atoms with Gasteiger partial charge in [-0.05, 0) is 42.9 Å². The number of hydrogen-bond donors (Lipinski definition) is 0. The Hall–Kier alpha value is 0. The molecule has 0 bridgehead atoms. The van der Waals surface area contributed by atoms with Gasteiger partial charge >= 0.3 is 0 Å². The summed E-state index contributed by atoms with van der Waals surface area (Å²) in [5.74, 6) is 4.41. The third kappa shape index (κ3) is 3.26. The first-order valence-corrected chi connectivity index (χ1v) is 8.34. The van der Waals surface area contributed by atoms with Crippen molar-refractivity contribution in [3.63, 3.8) is 0 Å². The SMILES string of the molecule is CCCCCCC1C(C)C2CCCCCCC12. The molecule has 4 atom stereocenters. The van der Waals surface area contributed by atoms with E-state index in [0.29, 0.717) is 0 Å². The van der Waals surface area contributed by atoms with Crippen LogP contribution < -0.4 is 0 Å². The Labute approximate surface area is 109 Å². The highest BCUT2D eigenvalue weighted by Crippen LogP contribution is 2.53. The molecule has 0 nitrogen and oxygen atoms in total. The lowest BCUT2D eigenvalue weighted by atomic mass is 9.53. The molecule has 2 saturated carbocycles. The second-order valence-electron chi connectivity index (χ2n) is 6.69. The molecule has 100 valence electrons. The van der Waals surface area contributed by atoms with Gasteiger partial charge in [-0.1, -0.05) is 65.2 Å². The smallest absolute Gasteiger partial charge is 0.0352 e. The van der Waals surface area contributed by atoms with Crippen LogP contribution in [0.2, 0.25) is 0 Å². The van der Waals surface area contributed by atoms with Gasteiger partial charge in [-0.25, -0.2) is 0 Å². The van der Waals surface area contributed by atoms with Crippen LogP contribution in [0.4, 0.5) is 0 Å². The zero-order chi connectivity index (χ0) is 12.1. The topological polar surface area (TPSA) is 0 Å². The highest BCUT2D eigenvalue weighted by Gasteiger charge is 2.45. The van der Waals surface area contributed by atoms with Crippen LogP contribution in [0.1, 0.15) is 84.5 Å². The number of unbranched alkanes of at least 4 members (excludes halogenated alkanes) is 3. The van der Waals surface area contributed by atoms with Crippen molar-refractivity contribution in [2.75, 3.05) is 0 Å². The van der Waals surface area contributed by atoms with Crippen LogP contribution in [0.3, 0.4) is 0 Å². The summed E-state index contributed by atoms with van der Waals surface area (Å²) < 4.78 is 0. The predicted molar refractivity (Wildman–Crippen MR) is 76.1 cm³/mol. The monoisotopic (exact) mass is 236 g/mol. The fourth-order valence-electron chi connectivity index (χ4n) is 4.57. The Morgan fingerprint density at radius 2 is 1.53 bits per heavy atom. The van der Waals surface area contributed by atoms with Gasteiger partial charge in [-0.2, -0.15) is 0 Å². The first-order valence-electron chi connectivity index (χ1n) is 8.34. The molecule has 2 aliphatic carbocycles. The quantitative estimate of drug-likeness (QED) is 0.528. The van der Waals surface area contributed by atoms with Crippen LogP contribution in [0.15, 0.2) is 0 Å². The normalized spacial score (nSPS) is 37.8. The molecule has 0 heterocycles. The maximum Gasteiger partial charge on any atom is -0.0352 e. The van der Waals surface area contributed by atoms with E-state index in [2.05, 4.69) is 13.8 Å². The number of hydrogen-bond acceptors (Lipinski definition) is 0. The Kier molecular flexibility index (Phi) is 5.38. The van der Waals surface area contributed by atoms with E-state index in [1.54, 1.807) is 19.3 Å². The second-order valence-corrected chi connectivity index (χ2v) is 6.69. The van der Waals surface area contributed by atoms with Gasteiger partial charge in [-0.3, -0.25) is 0 Å². The van der Waals surface area contributed by atoms with E-state index in [-0.39, 0.29) is 0 Å². The molecule has 17 heavy (non-hydrogen) atoms. The molecule has 4 unspecified atom stereocenters. The molecule has 0 saturated heterocycles. The first kappa shape index (κ1) is 13.4. The Balaban J connectivity index is 1.74. The maximum absolute atomic E-state index is 2.55. The standard InChI is InChI=1S/C17H32/c1-3-4-5-8-11-15-14(2)16-12-9-6-7-10-13-17(15)16/h14-17H,3-13H2,1-2H3. The summed E-state index contributed by atoms with van der Waals surface area (Å²) in [5.41, 5.74) is 0. The van der Waals surface area contributed by atoms with Crippen LogP contribution in [-0.4, -0.2) is 0 Å². The molecule has 0 spiro atoms. The van der Waals surface area contributed by atoms with Crippen LogP contribution in [0.25, 0.3) is 0 Å². The zero-order valence-corrected chi connectivity index (χ0v) is 12.1. The van der Waals surface area contributed by atoms with E-state index >= 15 is 0 Å². The summed E-state index contributed by atoms with van der Waals surface area (Å²) >= 11 is 0. The maximum atomic E-state index is 2.55. The van der Waals surface area contributed by atoms with Crippen molar-refractivity contribution >= 4 is 0 Å². The predicted octanol–water partition coefficient (Wildman–Crippen LogP) is 5.81. The molecule has 0 aliphatic heterocycles. The minimum absolute atomic E-state index is 1.06. The van der Waals surface area contributed by atoms with Gasteiger partial charge in [0.05, 0.1) is 0 Å². The summed E-state index contributed by atoms with van der Waals surface area (Å²) in [6, 6.07) is 0. The summed E-state index contributed by atoms with van der Waals surface area (Å²) in [5, 5.41) is 0. The van der Waals surface area contributed by atoms with Crippen LogP contribution in [-0.2, 0) is 0 Å². The van der Waals surface area contributed by atoms with Gasteiger partial charge in [0.2, 0.25) is 0 Å². The Bertz CT molecular complexity index is 208. The number of rotatable bonds is 5. The van der Waals surface area contributed by atoms with Crippen molar-refractivity contribution < 1.29 is 0 Å². The van der Waals surface area contributed by atoms with Gasteiger partial charge in [0, 0.05) is 0 Å². The van der Waals surface area contributed by atoms with Crippen molar-refractivity contribution in [3.8, 4) is 0 Å². The highest BCUT2D eigenvalue weighted by molar-refractivity contribution is 4.94. The fourth-order valence-corrected chi connectivity index (χ4v) is 4.57. The summed E-state index contributed by atoms with van der Waals surface area (Å²) in [6.07, 6.45) is 16.6. The molecule has 0 N–H and O–H groups in total. The van der Waals surface area contributed by atoms with E-state index < -0.39 is 0 Å². The van der Waals surface area contributed by atoms with Crippen molar-refractivity contribution in [2.45, 2.75) is 84.5 Å². The molecular formula is C17H32. The minimum Gasteiger partial charge on any atom is -0.0654 e. The molecule has 0 radical (unpaired) electrons. The lowest BCUT2D eigenvalue weighted by Crippen LogP contribution is -2.45. The number of fused-ring (bicyclic) bond motifs is 1. The molecular weight excluding hydrogens is 204 g/mol. The molecule has 0 aromatic rings. The van der Waals surface area contributed by atoms with E-state index in [9.17, 15) is 0 Å². The van der Waals surface area contributed by atoms with Crippen molar-refractivity contribution in [1.82, 2.24) is 0 Å². The lowest BCUT2D eigenvalue weighted by Gasteiger charge is -2.52. The Morgan fingerprint density at radius 1 is 0.824 bits per heavy atom. The third-order valence-corrected chi connectivity index (χ3v) is 5.67. The molecule has 2 rings (SSSR count). The molecule has 0 aromatic carbocycles. The van der Waals surface area contributed by atoms with Crippen molar-refractivity contribution in [3.05, 3.63) is 0 Å². The summed E-state index contributed by atoms with van der Waals surface area (Å²) in [7, 11) is 0. The van der Waals surface area contributed by atoms with E-state index in [4.69, 9.17) is 0 Å². The van der Waals surface area contributed by atoms with Gasteiger partial charge in [0.1, 0.15) is 0 Å². The van der Waals surface area contributed by atoms with E-state index in [0.717, 1.165) is 23.7 Å². The van der Waals surface area contributed by atoms with Crippen LogP contribution in [0.5, 0.6) is 0 Å². The third-order valence-electron chi connectivity index (χ3n) is 5.67. The summed E-state index contributed by atoms with van der Waals surface area (Å²) in [4.78, 5) is 0. The van der Waals surface area contributed by atoms with Crippen molar-refractivity contribution in [2.24, 2.45) is 23.7 Å². The highest BCUT2D eigenvalue weighted by atomic mass is 14.5. The first-order chi connectivity index (χ1) is 8.34.